The van der Waals surface area contributed by atoms with Gasteiger partial charge in [-0.25, -0.2) is 19.8 Å². The number of para-hydroxylation sites is 10. The number of aromatic nitrogens is 7. The van der Waals surface area contributed by atoms with Crippen LogP contribution in [0.2, 0.25) is 0 Å². The summed E-state index contributed by atoms with van der Waals surface area (Å²) in [6.07, 6.45) is 0. The van der Waals surface area contributed by atoms with E-state index in [1.165, 1.54) is 54.1 Å². The van der Waals surface area contributed by atoms with Gasteiger partial charge in [-0.15, -0.1) is 0 Å². The third-order valence-electron chi connectivity index (χ3n) is 24.7. The molecule has 0 radical (unpaired) electrons. The third kappa shape index (κ3) is 13.8. The minimum atomic E-state index is 0.636. The summed E-state index contributed by atoms with van der Waals surface area (Å²) in [7, 11) is 0. The van der Waals surface area contributed by atoms with Gasteiger partial charge in [0, 0.05) is 93.3 Å². The van der Waals surface area contributed by atoms with Crippen LogP contribution in [0, 0.1) is 17.9 Å². The number of fused-ring (bicyclic) bond motifs is 15. The van der Waals surface area contributed by atoms with Gasteiger partial charge in [0.15, 0.2) is 23.2 Å². The quantitative estimate of drug-likeness (QED) is 0.113. The summed E-state index contributed by atoms with van der Waals surface area (Å²) in [5, 5.41) is 22.1. The molecule has 0 fully saturated rings. The maximum Gasteiger partial charge on any atom is 0.194 e. The van der Waals surface area contributed by atoms with Gasteiger partial charge in [-0.05, 0) is 189 Å². The van der Waals surface area contributed by atoms with E-state index in [0.29, 0.717) is 28.7 Å². The normalized spacial score (nSPS) is 11.4. The number of nitriles is 1. The molecule has 602 valence electrons. The van der Waals surface area contributed by atoms with Crippen molar-refractivity contribution < 1.29 is 4.42 Å². The molecule has 0 saturated carbocycles. The molecule has 0 amide bonds. The fraction of sp³-hybridized carbons (Fsp3) is 0. The summed E-state index contributed by atoms with van der Waals surface area (Å²) in [5.41, 5.74) is 30.3. The molecule has 0 saturated heterocycles. The number of hydrogen-bond acceptors (Lipinski definition) is 5. The second-order valence-electron chi connectivity index (χ2n) is 32.4. The molecule has 25 aromatic rings. The molecule has 0 N–H and O–H groups in total. The summed E-state index contributed by atoms with van der Waals surface area (Å²) in [5.74, 6) is 1.94. The fourth-order valence-electron chi connectivity index (χ4n) is 18.9. The zero-order valence-electron chi connectivity index (χ0n) is 69.7. The smallest absolute Gasteiger partial charge is 0.194 e. The van der Waals surface area contributed by atoms with E-state index in [4.69, 9.17) is 25.9 Å². The van der Waals surface area contributed by atoms with Crippen LogP contribution in [0.25, 0.3) is 227 Å². The first-order valence-electron chi connectivity index (χ1n) is 43.2. The Labute approximate surface area is 743 Å². The molecule has 10 nitrogen and oxygen atoms in total. The van der Waals surface area contributed by atoms with Crippen LogP contribution in [0.3, 0.4) is 0 Å². The third-order valence-corrected chi connectivity index (χ3v) is 24.7. The van der Waals surface area contributed by atoms with Crippen molar-refractivity contribution in [2.45, 2.75) is 0 Å². The van der Waals surface area contributed by atoms with Crippen molar-refractivity contribution in [1.29, 1.82) is 5.26 Å². The van der Waals surface area contributed by atoms with Crippen molar-refractivity contribution in [1.82, 2.24) is 33.2 Å². The molecule has 0 aliphatic carbocycles. The van der Waals surface area contributed by atoms with E-state index in [1.807, 2.05) is 109 Å². The first-order chi connectivity index (χ1) is 63.9. The van der Waals surface area contributed by atoms with E-state index in [9.17, 15) is 5.26 Å². The number of furan rings is 1. The highest BCUT2D eigenvalue weighted by Gasteiger charge is 2.22. The van der Waals surface area contributed by atoms with E-state index >= 15 is 0 Å². The van der Waals surface area contributed by atoms with E-state index < -0.39 is 0 Å². The molecule has 0 atom stereocenters. The van der Waals surface area contributed by atoms with Gasteiger partial charge in [-0.1, -0.05) is 322 Å². The summed E-state index contributed by atoms with van der Waals surface area (Å²) < 4.78 is 15.4. The topological polar surface area (TPSA) is 99.7 Å². The Bertz CT molecular complexity index is 8410. The molecule has 129 heavy (non-hydrogen) atoms. The van der Waals surface area contributed by atoms with Crippen LogP contribution in [0.1, 0.15) is 5.56 Å². The van der Waals surface area contributed by atoms with Crippen molar-refractivity contribution >= 4 is 115 Å². The largest absolute Gasteiger partial charge is 0.456 e. The Morgan fingerprint density at radius 3 is 0.946 bits per heavy atom. The van der Waals surface area contributed by atoms with Gasteiger partial charge in [-0.3, -0.25) is 0 Å². The Balaban J connectivity index is 0.000000111. The molecule has 10 heteroatoms. The average molecular weight is 1650 g/mol. The summed E-state index contributed by atoms with van der Waals surface area (Å²) in [6.45, 7) is 7.87. The van der Waals surface area contributed by atoms with Crippen LogP contribution < -0.4 is 0 Å². The van der Waals surface area contributed by atoms with Crippen molar-refractivity contribution in [3.05, 3.63) is 472 Å². The van der Waals surface area contributed by atoms with Crippen LogP contribution in [-0.4, -0.2) is 33.2 Å². The molecule has 19 aromatic carbocycles. The molecule has 0 aliphatic rings. The van der Waals surface area contributed by atoms with Crippen molar-refractivity contribution in [3.63, 3.8) is 0 Å². The highest BCUT2D eigenvalue weighted by atomic mass is 16.3. The van der Waals surface area contributed by atoms with Gasteiger partial charge in [-0.2, -0.15) is 5.26 Å². The van der Waals surface area contributed by atoms with Gasteiger partial charge in [0.2, 0.25) is 0 Å². The van der Waals surface area contributed by atoms with Gasteiger partial charge in [0.25, 0.3) is 0 Å². The molecule has 0 aliphatic heterocycles. The Hall–Kier alpha value is -17.8. The maximum atomic E-state index is 10.0. The summed E-state index contributed by atoms with van der Waals surface area (Å²) in [6, 6.07) is 161. The number of benzene rings is 19. The zero-order valence-corrected chi connectivity index (χ0v) is 69.7. The number of hydrogen-bond donors (Lipinski definition) is 0. The predicted molar refractivity (Wildman–Crippen MR) is 532 cm³/mol. The molecule has 6 heterocycles. The monoisotopic (exact) mass is 1650 g/mol. The van der Waals surface area contributed by atoms with Gasteiger partial charge < -0.3 is 22.7 Å². The molecule has 0 bridgehead atoms. The van der Waals surface area contributed by atoms with Gasteiger partial charge in [0.1, 0.15) is 11.2 Å². The minimum absolute atomic E-state index is 0.636. The van der Waals surface area contributed by atoms with Crippen molar-refractivity contribution in [3.8, 4) is 119 Å². The first-order valence-corrected chi connectivity index (χ1v) is 43.2. The van der Waals surface area contributed by atoms with Crippen molar-refractivity contribution in [2.24, 2.45) is 0 Å². The molecular formula is C119H75N9O. The van der Waals surface area contributed by atoms with Gasteiger partial charge >= 0.3 is 0 Å². The molecule has 25 rings (SSSR count). The molecular weight excluding hydrogens is 1570 g/mol. The first kappa shape index (κ1) is 76.1. The Kier molecular flexibility index (Phi) is 19.1. The second-order valence-corrected chi connectivity index (χ2v) is 32.4. The predicted octanol–water partition coefficient (Wildman–Crippen LogP) is 31.3. The van der Waals surface area contributed by atoms with Crippen LogP contribution in [0.15, 0.2) is 459 Å². The number of rotatable bonds is 12. The SMILES string of the molecule is N#Cc1cc(-c2cccc(-n3c4ccccc4c4ccccc43)c2)cc(-n2c3ccccc3c3ccccc32)c1.[C-]#[N+]c1ccccc1-c1cc(-n2c3ccccc3c3ccccc32)cc(-n2c3ccccc3c3ccccc32)c1.c1ccc(-c2nc(-c3ccccc3)nc(-c3cccc(-c4cccc(-c5cccc(-c6ccc7oc8ccccc8c7c6)c5)c4)c3)n2)cc1. The van der Waals surface area contributed by atoms with E-state index in [0.717, 1.165) is 150 Å². The Morgan fingerprint density at radius 1 is 0.217 bits per heavy atom. The van der Waals surface area contributed by atoms with Gasteiger partial charge in [0.05, 0.1) is 62.3 Å². The lowest BCUT2D eigenvalue weighted by Crippen LogP contribution is -2.00. The summed E-state index contributed by atoms with van der Waals surface area (Å²) >= 11 is 0. The molecule has 0 unspecified atom stereocenters. The maximum absolute atomic E-state index is 10.0. The van der Waals surface area contributed by atoms with E-state index in [2.05, 4.69) is 375 Å². The lowest BCUT2D eigenvalue weighted by atomic mass is 9.95. The van der Waals surface area contributed by atoms with E-state index in [-0.39, 0.29) is 0 Å². The molecule has 6 aromatic heterocycles. The zero-order chi connectivity index (χ0) is 85.8. The Morgan fingerprint density at radius 2 is 0.519 bits per heavy atom. The van der Waals surface area contributed by atoms with E-state index in [1.54, 1.807) is 0 Å². The second kappa shape index (κ2) is 32.4. The fourth-order valence-corrected chi connectivity index (χ4v) is 18.9. The van der Waals surface area contributed by atoms with Crippen LogP contribution >= 0.6 is 0 Å². The standard InChI is InChI=1S/C45H29N3O.2C37H23N3/c1-3-12-30(13-4-1)43-46-44(31-14-5-2-6-15-31)48-45(47-43)38-21-11-20-36(28-38)34-18-9-16-32(26-34)33-17-10-19-35(27-33)37-24-25-42-40(29-37)39-22-7-8-23-41(39)49-42;1-38-33-17-7-2-12-28(33)25-22-26(39-34-18-8-3-13-29(34)30-14-4-9-19-35(30)39)24-27(23-25)40-36-20-10-5-15-31(36)32-16-6-11-21-37(32)40;38-24-25-20-27(23-29(21-25)40-36-18-7-3-14-32(36)33-15-4-8-19-37(33)40)26-10-9-11-28(22-26)39-34-16-5-1-12-30(34)31-13-2-6-17-35(31)39/h1-29H;2-24H;1-23H. The lowest BCUT2D eigenvalue weighted by molar-refractivity contribution is 0.669. The average Bonchev–Trinajstić information content (AvgIpc) is 1.59. The van der Waals surface area contributed by atoms with Crippen LogP contribution in [0.4, 0.5) is 5.69 Å². The lowest BCUT2D eigenvalue weighted by Gasteiger charge is -2.16. The number of nitrogens with zero attached hydrogens (tertiary/aromatic N) is 9. The highest BCUT2D eigenvalue weighted by Crippen LogP contribution is 2.44. The highest BCUT2D eigenvalue weighted by molar-refractivity contribution is 6.14. The van der Waals surface area contributed by atoms with Crippen LogP contribution in [0.5, 0.6) is 0 Å². The van der Waals surface area contributed by atoms with Crippen molar-refractivity contribution in [2.75, 3.05) is 0 Å². The molecule has 0 spiro atoms. The minimum Gasteiger partial charge on any atom is -0.456 e. The van der Waals surface area contributed by atoms with Crippen LogP contribution in [-0.2, 0) is 0 Å². The summed E-state index contributed by atoms with van der Waals surface area (Å²) in [4.78, 5) is 18.6.